The summed E-state index contributed by atoms with van der Waals surface area (Å²) in [7, 11) is 0. The minimum Gasteiger partial charge on any atom is -0.480 e. The summed E-state index contributed by atoms with van der Waals surface area (Å²) in [4.78, 5) is 26.3. The molecule has 2 atom stereocenters. The second-order valence-corrected chi connectivity index (χ2v) is 6.90. The molecule has 2 aromatic rings. The van der Waals surface area contributed by atoms with Crippen molar-refractivity contribution in [2.24, 2.45) is 0 Å². The second kappa shape index (κ2) is 6.50. The molecular formula is C20H17ClN2O3. The Labute approximate surface area is 155 Å². The normalized spacial score (nSPS) is 21.8. The summed E-state index contributed by atoms with van der Waals surface area (Å²) in [5, 5.41) is 13.0. The molecular weight excluding hydrogens is 352 g/mol. The van der Waals surface area contributed by atoms with Crippen LogP contribution in [0.2, 0.25) is 5.02 Å². The largest absolute Gasteiger partial charge is 0.480 e. The highest BCUT2D eigenvalue weighted by Gasteiger charge is 2.38. The van der Waals surface area contributed by atoms with E-state index in [4.69, 9.17) is 11.6 Å². The first kappa shape index (κ1) is 16.7. The molecule has 0 radical (unpaired) electrons. The number of carboxylic acids is 1. The molecule has 2 heterocycles. The predicted octanol–water partition coefficient (Wildman–Crippen LogP) is 3.67. The molecule has 2 aromatic carbocycles. The van der Waals surface area contributed by atoms with E-state index < -0.39 is 12.0 Å². The van der Waals surface area contributed by atoms with Crippen LogP contribution in [0.25, 0.3) is 0 Å². The Bertz CT molecular complexity index is 911. The number of para-hydroxylation sites is 1. The first-order valence-corrected chi connectivity index (χ1v) is 8.78. The van der Waals surface area contributed by atoms with Crippen LogP contribution in [-0.2, 0) is 9.59 Å². The number of hydrogen-bond acceptors (Lipinski definition) is 3. The summed E-state index contributed by atoms with van der Waals surface area (Å²) in [6.45, 7) is 0.489. The molecule has 26 heavy (non-hydrogen) atoms. The van der Waals surface area contributed by atoms with Crippen LogP contribution in [0.3, 0.4) is 0 Å². The summed E-state index contributed by atoms with van der Waals surface area (Å²) in [5.41, 5.74) is 3.06. The molecule has 0 aromatic heterocycles. The zero-order valence-corrected chi connectivity index (χ0v) is 14.6. The molecule has 0 aliphatic carbocycles. The predicted molar refractivity (Wildman–Crippen MR) is 101 cm³/mol. The van der Waals surface area contributed by atoms with E-state index >= 15 is 0 Å². The molecule has 2 aliphatic heterocycles. The van der Waals surface area contributed by atoms with Crippen LogP contribution in [0.4, 0.5) is 11.4 Å². The number of nitrogens with zero attached hydrogens (tertiary/aromatic N) is 1. The van der Waals surface area contributed by atoms with Crippen molar-refractivity contribution in [3.05, 3.63) is 70.8 Å². The molecule has 0 fully saturated rings. The number of halogens is 1. The summed E-state index contributed by atoms with van der Waals surface area (Å²) in [5.74, 6) is -1.29. The number of rotatable bonds is 3. The van der Waals surface area contributed by atoms with Gasteiger partial charge >= 0.3 is 5.97 Å². The highest BCUT2D eigenvalue weighted by Crippen LogP contribution is 2.42. The van der Waals surface area contributed by atoms with E-state index in [1.165, 1.54) is 0 Å². The first-order chi connectivity index (χ1) is 12.5. The highest BCUT2D eigenvalue weighted by atomic mass is 35.5. The van der Waals surface area contributed by atoms with Gasteiger partial charge in [0.1, 0.15) is 6.04 Å². The van der Waals surface area contributed by atoms with Gasteiger partial charge in [0.25, 0.3) is 5.91 Å². The average molecular weight is 369 g/mol. The zero-order valence-electron chi connectivity index (χ0n) is 13.9. The Morgan fingerprint density at radius 1 is 1.19 bits per heavy atom. The molecule has 2 aliphatic rings. The second-order valence-electron chi connectivity index (χ2n) is 6.47. The van der Waals surface area contributed by atoms with Gasteiger partial charge in [-0.05, 0) is 36.2 Å². The number of carboxylic acid groups (broad SMARTS) is 1. The van der Waals surface area contributed by atoms with Crippen molar-refractivity contribution >= 4 is 34.9 Å². The molecule has 2 unspecified atom stereocenters. The monoisotopic (exact) mass is 368 g/mol. The quantitative estimate of drug-likeness (QED) is 0.867. The maximum absolute atomic E-state index is 13.0. The number of nitrogens with one attached hydrogen (secondary N) is 1. The minimum atomic E-state index is -0.938. The van der Waals surface area contributed by atoms with Crippen molar-refractivity contribution < 1.29 is 14.7 Å². The summed E-state index contributed by atoms with van der Waals surface area (Å²) in [6.07, 6.45) is 2.23. The van der Waals surface area contributed by atoms with Gasteiger partial charge in [0.05, 0.1) is 0 Å². The molecule has 0 spiro atoms. The van der Waals surface area contributed by atoms with Gasteiger partial charge in [-0.25, -0.2) is 4.79 Å². The first-order valence-electron chi connectivity index (χ1n) is 8.40. The van der Waals surface area contributed by atoms with Gasteiger partial charge in [0, 0.05) is 34.4 Å². The van der Waals surface area contributed by atoms with Gasteiger partial charge in [-0.3, -0.25) is 4.79 Å². The lowest BCUT2D eigenvalue weighted by Crippen LogP contribution is -2.37. The molecule has 132 valence electrons. The third-order valence-electron chi connectivity index (χ3n) is 4.92. The SMILES string of the molecule is O=C(O)C1CC(C2=CCN(c3ccccc3)C2=O)c2ccc(Cl)cc2N1. The van der Waals surface area contributed by atoms with Crippen molar-refractivity contribution in [1.29, 1.82) is 0 Å². The van der Waals surface area contributed by atoms with Gasteiger partial charge in [-0.15, -0.1) is 0 Å². The number of carbonyl (C=O) groups excluding carboxylic acids is 1. The van der Waals surface area contributed by atoms with Crippen molar-refractivity contribution in [2.75, 3.05) is 16.8 Å². The van der Waals surface area contributed by atoms with Crippen molar-refractivity contribution in [3.8, 4) is 0 Å². The lowest BCUT2D eigenvalue weighted by atomic mass is 9.81. The standard InChI is InChI=1S/C20H17ClN2O3/c21-12-6-7-14-16(11-18(20(25)26)22-17(14)10-12)15-8-9-23(19(15)24)13-4-2-1-3-5-13/h1-8,10,16,18,22H,9,11H2,(H,25,26). The Morgan fingerprint density at radius 2 is 1.96 bits per heavy atom. The van der Waals surface area contributed by atoms with Crippen LogP contribution in [0.1, 0.15) is 17.9 Å². The lowest BCUT2D eigenvalue weighted by Gasteiger charge is -2.32. The fourth-order valence-corrected chi connectivity index (χ4v) is 3.83. The summed E-state index contributed by atoms with van der Waals surface area (Å²) < 4.78 is 0. The van der Waals surface area contributed by atoms with Crippen LogP contribution in [-0.4, -0.2) is 29.6 Å². The van der Waals surface area contributed by atoms with Crippen molar-refractivity contribution in [2.45, 2.75) is 18.4 Å². The van der Waals surface area contributed by atoms with Crippen LogP contribution < -0.4 is 10.2 Å². The van der Waals surface area contributed by atoms with Gasteiger partial charge in [-0.2, -0.15) is 0 Å². The minimum absolute atomic E-state index is 0.0758. The molecule has 5 nitrogen and oxygen atoms in total. The number of aliphatic carboxylic acids is 1. The Hall–Kier alpha value is -2.79. The zero-order chi connectivity index (χ0) is 18.3. The summed E-state index contributed by atoms with van der Waals surface area (Å²) in [6, 6.07) is 14.1. The van der Waals surface area contributed by atoms with Crippen LogP contribution in [0.15, 0.2) is 60.2 Å². The van der Waals surface area contributed by atoms with Gasteiger partial charge in [0.15, 0.2) is 0 Å². The van der Waals surface area contributed by atoms with E-state index in [0.29, 0.717) is 29.2 Å². The third-order valence-corrected chi connectivity index (χ3v) is 5.15. The maximum atomic E-state index is 13.0. The van der Waals surface area contributed by atoms with E-state index in [1.807, 2.05) is 42.5 Å². The van der Waals surface area contributed by atoms with Crippen molar-refractivity contribution in [3.63, 3.8) is 0 Å². The van der Waals surface area contributed by atoms with Crippen LogP contribution >= 0.6 is 11.6 Å². The molecule has 0 saturated heterocycles. The Kier molecular flexibility index (Phi) is 4.17. The Balaban J connectivity index is 1.69. The van der Waals surface area contributed by atoms with E-state index in [9.17, 15) is 14.7 Å². The highest BCUT2D eigenvalue weighted by molar-refractivity contribution is 6.31. The third kappa shape index (κ3) is 2.84. The summed E-state index contributed by atoms with van der Waals surface area (Å²) >= 11 is 6.07. The molecule has 1 amide bonds. The topological polar surface area (TPSA) is 69.6 Å². The number of benzene rings is 2. The van der Waals surface area contributed by atoms with E-state index in [-0.39, 0.29) is 11.8 Å². The molecule has 2 N–H and O–H groups in total. The smallest absolute Gasteiger partial charge is 0.326 e. The Morgan fingerprint density at radius 3 is 2.69 bits per heavy atom. The number of carbonyl (C=O) groups is 2. The van der Waals surface area contributed by atoms with Crippen molar-refractivity contribution in [1.82, 2.24) is 0 Å². The van der Waals surface area contributed by atoms with Crippen LogP contribution in [0, 0.1) is 0 Å². The van der Waals surface area contributed by atoms with E-state index in [2.05, 4.69) is 5.32 Å². The number of anilines is 2. The maximum Gasteiger partial charge on any atom is 0.326 e. The molecule has 4 rings (SSSR count). The fraction of sp³-hybridized carbons (Fsp3) is 0.200. The average Bonchev–Trinajstić information content (AvgIpc) is 3.02. The number of hydrogen-bond donors (Lipinski definition) is 2. The van der Waals surface area contributed by atoms with Gasteiger partial charge < -0.3 is 15.3 Å². The lowest BCUT2D eigenvalue weighted by molar-refractivity contribution is -0.138. The molecule has 0 bridgehead atoms. The van der Waals surface area contributed by atoms with Gasteiger partial charge in [0.2, 0.25) is 0 Å². The molecule has 6 heteroatoms. The molecule has 0 saturated carbocycles. The van der Waals surface area contributed by atoms with Crippen LogP contribution in [0.5, 0.6) is 0 Å². The van der Waals surface area contributed by atoms with E-state index in [0.717, 1.165) is 11.3 Å². The fourth-order valence-electron chi connectivity index (χ4n) is 3.66. The number of amides is 1. The van der Waals surface area contributed by atoms with E-state index in [1.54, 1.807) is 17.0 Å². The number of fused-ring (bicyclic) bond motifs is 1. The van der Waals surface area contributed by atoms with Gasteiger partial charge in [-0.1, -0.05) is 41.9 Å².